The molecule has 2 unspecified atom stereocenters. The number of halogens is 2. The number of benzene rings is 1. The van der Waals surface area contributed by atoms with Crippen molar-refractivity contribution in [2.75, 3.05) is 6.61 Å². The number of carbonyl (C=O) groups is 1. The fourth-order valence-corrected chi connectivity index (χ4v) is 4.53. The second-order valence-electron chi connectivity index (χ2n) is 6.65. The number of nitrogens with zero attached hydrogens (tertiary/aromatic N) is 3. The van der Waals surface area contributed by atoms with E-state index in [0.717, 1.165) is 0 Å². The molecule has 5 atom stereocenters. The molecule has 3 rings (SSSR count). The second-order valence-corrected chi connectivity index (χ2v) is 8.63. The Bertz CT molecular complexity index is 868. The summed E-state index contributed by atoms with van der Waals surface area (Å²) in [5, 5.41) is 39.6. The Morgan fingerprint density at radius 3 is 2.69 bits per heavy atom. The minimum absolute atomic E-state index is 0.159. The number of thioether (sulfide) groups is 1. The monoisotopic (exact) mass is 461 g/mol. The molecule has 158 valence electrons. The van der Waals surface area contributed by atoms with Gasteiger partial charge in [-0.3, -0.25) is 4.79 Å². The molecular weight excluding hydrogens is 441 g/mol. The zero-order valence-electron chi connectivity index (χ0n) is 15.5. The van der Waals surface area contributed by atoms with Crippen molar-refractivity contribution in [2.45, 2.75) is 54.5 Å². The summed E-state index contributed by atoms with van der Waals surface area (Å²) in [4.78, 5) is 12.7. The molecule has 2 aromatic rings. The number of aliphatic hydroxyl groups excluding tert-OH is 3. The van der Waals surface area contributed by atoms with E-state index in [4.69, 9.17) is 27.9 Å². The Morgan fingerprint density at radius 1 is 1.28 bits per heavy atom. The van der Waals surface area contributed by atoms with E-state index in [1.165, 1.54) is 22.6 Å². The van der Waals surface area contributed by atoms with Crippen molar-refractivity contribution in [3.05, 3.63) is 40.1 Å². The van der Waals surface area contributed by atoms with Crippen molar-refractivity contribution in [3.8, 4) is 0 Å². The number of hydrogen-bond donors (Lipinski definition) is 3. The van der Waals surface area contributed by atoms with Crippen molar-refractivity contribution in [1.29, 1.82) is 0 Å². The molecule has 2 heterocycles. The fourth-order valence-electron chi connectivity index (χ4n) is 3.07. The Morgan fingerprint density at radius 2 is 2.03 bits per heavy atom. The van der Waals surface area contributed by atoms with Gasteiger partial charge in [0.25, 0.3) is 0 Å². The van der Waals surface area contributed by atoms with Crippen LogP contribution in [0.25, 0.3) is 0 Å². The number of aromatic nitrogens is 3. The fraction of sp³-hybridized carbons (Fsp3) is 0.500. The Balaban J connectivity index is 1.85. The van der Waals surface area contributed by atoms with Crippen LogP contribution in [-0.4, -0.2) is 66.5 Å². The zero-order chi connectivity index (χ0) is 21.1. The lowest BCUT2D eigenvalue weighted by molar-refractivity contribution is -0.178. The summed E-state index contributed by atoms with van der Waals surface area (Å²) >= 11 is 13.2. The van der Waals surface area contributed by atoms with E-state index in [1.54, 1.807) is 18.2 Å². The molecule has 1 aromatic carbocycles. The first kappa shape index (κ1) is 22.5. The predicted octanol–water partition coefficient (Wildman–Crippen LogP) is 2.34. The topological polar surface area (TPSA) is 118 Å². The van der Waals surface area contributed by atoms with Crippen molar-refractivity contribution in [2.24, 2.45) is 0 Å². The van der Waals surface area contributed by atoms with E-state index in [1.807, 2.05) is 6.92 Å². The van der Waals surface area contributed by atoms with Crippen LogP contribution >= 0.6 is 35.0 Å². The highest BCUT2D eigenvalue weighted by molar-refractivity contribution is 7.99. The van der Waals surface area contributed by atoms with Gasteiger partial charge in [-0.2, -0.15) is 0 Å². The molecule has 1 aromatic heterocycles. The van der Waals surface area contributed by atoms with Gasteiger partial charge in [0.2, 0.25) is 0 Å². The highest BCUT2D eigenvalue weighted by atomic mass is 35.5. The van der Waals surface area contributed by atoms with E-state index >= 15 is 0 Å². The number of ether oxygens (including phenoxy) is 1. The smallest absolute Gasteiger partial charge is 0.184 e. The molecule has 8 nitrogen and oxygen atoms in total. The number of aliphatic hydroxyl groups is 3. The summed E-state index contributed by atoms with van der Waals surface area (Å²) in [6, 6.07) is 4.02. The van der Waals surface area contributed by atoms with Crippen LogP contribution in [0.2, 0.25) is 10.0 Å². The van der Waals surface area contributed by atoms with Crippen LogP contribution < -0.4 is 0 Å². The Labute approximate surface area is 181 Å². The second kappa shape index (κ2) is 9.74. The standard InChI is InChI=1S/C18H21Cl2N3O5S/c1-2-3-13(25)12-7-23(22-21-12)15-16(26)14(8-24)28-18(17(15)27)29-9-4-5-10(19)11(20)6-9/h4-7,14-18,24,26-27H,2-3,8H2,1H3/t14?,15?,16-,17+,18+/m0/s1. The molecular formula is C18H21Cl2N3O5S. The minimum atomic E-state index is -1.25. The summed E-state index contributed by atoms with van der Waals surface area (Å²) < 4.78 is 6.94. The van der Waals surface area contributed by atoms with Crippen molar-refractivity contribution in [1.82, 2.24) is 15.0 Å². The molecule has 0 saturated carbocycles. The number of Topliss-reactive ketones (excluding diaryl/α,β-unsaturated/α-hetero) is 1. The third-order valence-electron chi connectivity index (χ3n) is 4.57. The van der Waals surface area contributed by atoms with Gasteiger partial charge in [0.15, 0.2) is 5.78 Å². The number of ketones is 1. The molecule has 11 heteroatoms. The lowest BCUT2D eigenvalue weighted by Crippen LogP contribution is -2.55. The van der Waals surface area contributed by atoms with Crippen molar-refractivity contribution >= 4 is 40.7 Å². The first-order valence-corrected chi connectivity index (χ1v) is 10.7. The van der Waals surface area contributed by atoms with E-state index in [0.29, 0.717) is 27.8 Å². The van der Waals surface area contributed by atoms with Crippen LogP contribution in [0.15, 0.2) is 29.3 Å². The maximum Gasteiger partial charge on any atom is 0.184 e. The van der Waals surface area contributed by atoms with Gasteiger partial charge in [0, 0.05) is 11.3 Å². The van der Waals surface area contributed by atoms with Gasteiger partial charge < -0.3 is 20.1 Å². The molecule has 0 bridgehead atoms. The average molecular weight is 462 g/mol. The van der Waals surface area contributed by atoms with Crippen LogP contribution in [-0.2, 0) is 4.74 Å². The molecule has 1 aliphatic heterocycles. The molecule has 0 radical (unpaired) electrons. The van der Waals surface area contributed by atoms with Crippen LogP contribution in [0.3, 0.4) is 0 Å². The molecule has 3 N–H and O–H groups in total. The zero-order valence-corrected chi connectivity index (χ0v) is 17.8. The van der Waals surface area contributed by atoms with Gasteiger partial charge in [-0.1, -0.05) is 47.1 Å². The third kappa shape index (κ3) is 4.93. The first-order chi connectivity index (χ1) is 13.8. The number of rotatable bonds is 7. The minimum Gasteiger partial charge on any atom is -0.394 e. The van der Waals surface area contributed by atoms with Crippen molar-refractivity contribution in [3.63, 3.8) is 0 Å². The van der Waals surface area contributed by atoms with Crippen LogP contribution in [0.4, 0.5) is 0 Å². The largest absolute Gasteiger partial charge is 0.394 e. The molecule has 0 aliphatic carbocycles. The lowest BCUT2D eigenvalue weighted by Gasteiger charge is -2.41. The highest BCUT2D eigenvalue weighted by Gasteiger charge is 2.46. The molecule has 1 saturated heterocycles. The number of carbonyl (C=O) groups excluding carboxylic acids is 1. The summed E-state index contributed by atoms with van der Waals surface area (Å²) in [6.07, 6.45) is -1.02. The maximum absolute atomic E-state index is 12.1. The summed E-state index contributed by atoms with van der Waals surface area (Å²) in [5.41, 5.74) is -0.677. The lowest BCUT2D eigenvalue weighted by atomic mass is 9.97. The van der Waals surface area contributed by atoms with Gasteiger partial charge in [0.05, 0.1) is 22.8 Å². The molecule has 29 heavy (non-hydrogen) atoms. The van der Waals surface area contributed by atoms with Crippen LogP contribution in [0.5, 0.6) is 0 Å². The van der Waals surface area contributed by atoms with Crippen molar-refractivity contribution < 1.29 is 24.9 Å². The first-order valence-electron chi connectivity index (χ1n) is 9.04. The summed E-state index contributed by atoms with van der Waals surface area (Å²) in [7, 11) is 0. The summed E-state index contributed by atoms with van der Waals surface area (Å²) in [6.45, 7) is 1.42. The van der Waals surface area contributed by atoms with E-state index < -0.39 is 36.4 Å². The highest BCUT2D eigenvalue weighted by Crippen LogP contribution is 2.39. The molecule has 0 amide bonds. The van der Waals surface area contributed by atoms with Gasteiger partial charge >= 0.3 is 0 Å². The third-order valence-corrected chi connectivity index (χ3v) is 6.46. The summed E-state index contributed by atoms with van der Waals surface area (Å²) in [5.74, 6) is -0.171. The maximum atomic E-state index is 12.1. The van der Waals surface area contributed by atoms with Gasteiger partial charge in [-0.15, -0.1) is 5.10 Å². The van der Waals surface area contributed by atoms with E-state index in [9.17, 15) is 20.1 Å². The van der Waals surface area contributed by atoms with E-state index in [2.05, 4.69) is 10.3 Å². The number of hydrogen-bond acceptors (Lipinski definition) is 8. The Hall–Kier alpha value is -1.20. The molecule has 1 aliphatic rings. The quantitative estimate of drug-likeness (QED) is 0.537. The molecule has 0 spiro atoms. The van der Waals surface area contributed by atoms with Gasteiger partial charge in [-0.05, 0) is 24.6 Å². The average Bonchev–Trinajstić information content (AvgIpc) is 3.17. The molecule has 1 fully saturated rings. The normalized spacial score (nSPS) is 27.2. The predicted molar refractivity (Wildman–Crippen MR) is 108 cm³/mol. The van der Waals surface area contributed by atoms with Gasteiger partial charge in [-0.25, -0.2) is 4.68 Å². The van der Waals surface area contributed by atoms with E-state index in [-0.39, 0.29) is 11.5 Å². The van der Waals surface area contributed by atoms with Gasteiger partial charge in [0.1, 0.15) is 35.5 Å². The van der Waals surface area contributed by atoms with Crippen LogP contribution in [0, 0.1) is 0 Å². The SMILES string of the molecule is CCCC(=O)c1cn(C2[C@@H](O)C(CO)O[C@H](Sc3ccc(Cl)c(Cl)c3)[C@@H]2O)nn1. The van der Waals surface area contributed by atoms with Crippen LogP contribution in [0.1, 0.15) is 36.3 Å². The Kier molecular flexibility index (Phi) is 7.55.